The van der Waals surface area contributed by atoms with Crippen LogP contribution in [0.2, 0.25) is 0 Å². The Morgan fingerprint density at radius 2 is 2.00 bits per heavy atom. The van der Waals surface area contributed by atoms with Gasteiger partial charge in [-0.1, -0.05) is 6.08 Å². The van der Waals surface area contributed by atoms with Crippen molar-refractivity contribution in [3.63, 3.8) is 0 Å². The average molecular weight is 105 g/mol. The second-order valence-electron chi connectivity index (χ2n) is 1.19. The van der Waals surface area contributed by atoms with E-state index in [-0.39, 0.29) is 5.92 Å². The van der Waals surface area contributed by atoms with Gasteiger partial charge in [0.1, 0.15) is 0 Å². The summed E-state index contributed by atoms with van der Waals surface area (Å²) < 4.78 is 0. The molecule has 0 atom stereocenters. The molecule has 0 aromatic rings. The first kappa shape index (κ1) is 6.72. The first-order chi connectivity index (χ1) is 3.85. The lowest BCUT2D eigenvalue weighted by Crippen LogP contribution is -1.84. The molecular formula is C6H5N2. The molecule has 0 rings (SSSR count). The van der Waals surface area contributed by atoms with E-state index < -0.39 is 0 Å². The minimum Gasteiger partial charge on any atom is -0.196 e. The van der Waals surface area contributed by atoms with E-state index in [1.54, 1.807) is 12.1 Å². The summed E-state index contributed by atoms with van der Waals surface area (Å²) in [5.41, 5.74) is 0. The van der Waals surface area contributed by atoms with Crippen molar-refractivity contribution in [3.8, 4) is 12.1 Å². The maximum absolute atomic E-state index is 8.10. The minimum atomic E-state index is 0.208. The van der Waals surface area contributed by atoms with E-state index in [9.17, 15) is 0 Å². The quantitative estimate of drug-likeness (QED) is 0.495. The van der Waals surface area contributed by atoms with Crippen molar-refractivity contribution in [1.82, 2.24) is 0 Å². The fourth-order valence-electron chi connectivity index (χ4n) is 0.261. The predicted octanol–water partition coefficient (Wildman–Crippen LogP) is 1.18. The topological polar surface area (TPSA) is 47.6 Å². The molecular weight excluding hydrogens is 100 g/mol. The summed E-state index contributed by atoms with van der Waals surface area (Å²) in [6, 6.07) is 3.47. The standard InChI is InChI=1S/C6H5N2/c1-2-3-6(4-7)5-8/h2H,1,3H2. The molecule has 0 aliphatic rings. The van der Waals surface area contributed by atoms with E-state index in [1.165, 1.54) is 6.08 Å². The van der Waals surface area contributed by atoms with Crippen LogP contribution in [-0.4, -0.2) is 0 Å². The van der Waals surface area contributed by atoms with Crippen LogP contribution in [0.5, 0.6) is 0 Å². The molecule has 0 aromatic carbocycles. The van der Waals surface area contributed by atoms with E-state index in [2.05, 4.69) is 6.58 Å². The molecule has 0 bridgehead atoms. The Bertz CT molecular complexity index is 133. The Morgan fingerprint density at radius 1 is 1.50 bits per heavy atom. The van der Waals surface area contributed by atoms with Gasteiger partial charge in [0.25, 0.3) is 0 Å². The molecule has 0 aromatic heterocycles. The van der Waals surface area contributed by atoms with E-state index in [0.29, 0.717) is 6.42 Å². The van der Waals surface area contributed by atoms with Crippen LogP contribution in [0.15, 0.2) is 12.7 Å². The Hall–Kier alpha value is -1.28. The van der Waals surface area contributed by atoms with Crippen LogP contribution in [0.4, 0.5) is 0 Å². The summed E-state index contributed by atoms with van der Waals surface area (Å²) in [7, 11) is 0. The third-order valence-corrected chi connectivity index (χ3v) is 0.618. The molecule has 0 saturated carbocycles. The largest absolute Gasteiger partial charge is 0.196 e. The fourth-order valence-corrected chi connectivity index (χ4v) is 0.261. The molecule has 2 nitrogen and oxygen atoms in total. The smallest absolute Gasteiger partial charge is 0.179 e. The molecule has 0 spiro atoms. The Morgan fingerprint density at radius 3 is 2.12 bits per heavy atom. The molecule has 1 radical (unpaired) electrons. The van der Waals surface area contributed by atoms with Crippen LogP contribution in [0.25, 0.3) is 0 Å². The van der Waals surface area contributed by atoms with Crippen LogP contribution in [-0.2, 0) is 0 Å². The Labute approximate surface area is 48.7 Å². The van der Waals surface area contributed by atoms with E-state index in [4.69, 9.17) is 10.5 Å². The molecule has 0 heterocycles. The van der Waals surface area contributed by atoms with Crippen LogP contribution in [0.1, 0.15) is 6.42 Å². The molecule has 0 aliphatic carbocycles. The summed E-state index contributed by atoms with van der Waals surface area (Å²) in [4.78, 5) is 0. The number of nitriles is 2. The minimum absolute atomic E-state index is 0.208. The lowest BCUT2D eigenvalue weighted by Gasteiger charge is -1.84. The maximum atomic E-state index is 8.10. The van der Waals surface area contributed by atoms with Crippen molar-refractivity contribution in [2.75, 3.05) is 0 Å². The first-order valence-electron chi connectivity index (χ1n) is 2.12. The van der Waals surface area contributed by atoms with Crippen molar-refractivity contribution in [2.24, 2.45) is 0 Å². The van der Waals surface area contributed by atoms with Gasteiger partial charge in [-0.15, -0.1) is 6.58 Å². The van der Waals surface area contributed by atoms with Crippen LogP contribution in [0, 0.1) is 28.6 Å². The number of hydrogen-bond donors (Lipinski definition) is 0. The molecule has 2 heteroatoms. The summed E-state index contributed by atoms with van der Waals surface area (Å²) in [5.74, 6) is 0.208. The van der Waals surface area contributed by atoms with Crippen molar-refractivity contribution < 1.29 is 0 Å². The predicted molar refractivity (Wildman–Crippen MR) is 29.3 cm³/mol. The van der Waals surface area contributed by atoms with Gasteiger partial charge in [-0.3, -0.25) is 0 Å². The van der Waals surface area contributed by atoms with Gasteiger partial charge >= 0.3 is 0 Å². The number of rotatable bonds is 2. The van der Waals surface area contributed by atoms with E-state index in [1.807, 2.05) is 0 Å². The SMILES string of the molecule is C=CC[C](C#N)C#N. The summed E-state index contributed by atoms with van der Waals surface area (Å²) in [5, 5.41) is 16.2. The van der Waals surface area contributed by atoms with Crippen molar-refractivity contribution >= 4 is 0 Å². The van der Waals surface area contributed by atoms with Crippen molar-refractivity contribution in [3.05, 3.63) is 18.6 Å². The molecule has 39 valence electrons. The van der Waals surface area contributed by atoms with Crippen LogP contribution < -0.4 is 0 Å². The van der Waals surface area contributed by atoms with E-state index in [0.717, 1.165) is 0 Å². The monoisotopic (exact) mass is 105 g/mol. The highest BCUT2D eigenvalue weighted by atomic mass is 14.3. The number of nitrogens with zero attached hydrogens (tertiary/aromatic N) is 2. The van der Waals surface area contributed by atoms with Gasteiger partial charge in [0.2, 0.25) is 0 Å². The average Bonchev–Trinajstić information content (AvgIpc) is 1.83. The van der Waals surface area contributed by atoms with Crippen LogP contribution in [0.3, 0.4) is 0 Å². The van der Waals surface area contributed by atoms with E-state index >= 15 is 0 Å². The molecule has 0 amide bonds. The van der Waals surface area contributed by atoms with Gasteiger partial charge in [0, 0.05) is 0 Å². The zero-order chi connectivity index (χ0) is 6.41. The van der Waals surface area contributed by atoms with Gasteiger partial charge < -0.3 is 0 Å². The first-order valence-corrected chi connectivity index (χ1v) is 2.12. The molecule has 0 fully saturated rings. The second-order valence-corrected chi connectivity index (χ2v) is 1.19. The van der Waals surface area contributed by atoms with Crippen LogP contribution >= 0.6 is 0 Å². The fraction of sp³-hybridized carbons (Fsp3) is 0.167. The molecule has 0 aliphatic heterocycles. The van der Waals surface area contributed by atoms with Gasteiger partial charge in [-0.2, -0.15) is 10.5 Å². The zero-order valence-electron chi connectivity index (χ0n) is 4.39. The lowest BCUT2D eigenvalue weighted by atomic mass is 10.1. The zero-order valence-corrected chi connectivity index (χ0v) is 4.39. The third kappa shape index (κ3) is 2.00. The Balaban J connectivity index is 3.62. The van der Waals surface area contributed by atoms with Gasteiger partial charge in [-0.25, -0.2) is 0 Å². The van der Waals surface area contributed by atoms with Crippen molar-refractivity contribution in [2.45, 2.75) is 6.42 Å². The highest BCUT2D eigenvalue weighted by Gasteiger charge is 2.00. The highest BCUT2D eigenvalue weighted by Crippen LogP contribution is 2.00. The lowest BCUT2D eigenvalue weighted by molar-refractivity contribution is 1.16. The second kappa shape index (κ2) is 3.89. The van der Waals surface area contributed by atoms with Gasteiger partial charge in [0.15, 0.2) is 5.92 Å². The molecule has 0 N–H and O–H groups in total. The van der Waals surface area contributed by atoms with Crippen molar-refractivity contribution in [1.29, 1.82) is 10.5 Å². The van der Waals surface area contributed by atoms with Gasteiger partial charge in [0.05, 0.1) is 12.1 Å². The maximum Gasteiger partial charge on any atom is 0.179 e. The summed E-state index contributed by atoms with van der Waals surface area (Å²) >= 11 is 0. The number of allylic oxidation sites excluding steroid dienone is 1. The summed E-state index contributed by atoms with van der Waals surface area (Å²) in [6.07, 6.45) is 1.91. The highest BCUT2D eigenvalue weighted by molar-refractivity contribution is 5.27. The normalized spacial score (nSPS) is 7.38. The number of hydrogen-bond acceptors (Lipinski definition) is 2. The third-order valence-electron chi connectivity index (χ3n) is 0.618. The van der Waals surface area contributed by atoms with Gasteiger partial charge in [-0.05, 0) is 6.42 Å². The summed E-state index contributed by atoms with van der Waals surface area (Å²) in [6.45, 7) is 3.37. The molecule has 0 saturated heterocycles. The molecule has 0 unspecified atom stereocenters. The molecule has 8 heavy (non-hydrogen) atoms. The Kier molecular flexibility index (Phi) is 3.27.